The van der Waals surface area contributed by atoms with Gasteiger partial charge in [-0.05, 0) is 22.0 Å². The molecule has 1 aromatic rings. The van der Waals surface area contributed by atoms with Crippen LogP contribution in [0.15, 0.2) is 15.9 Å². The summed E-state index contributed by atoms with van der Waals surface area (Å²) in [7, 11) is 1.68. The van der Waals surface area contributed by atoms with Gasteiger partial charge in [0.25, 0.3) is 0 Å². The first-order valence-electron chi connectivity index (χ1n) is 5.70. The molecular weight excluding hydrogens is 304 g/mol. The van der Waals surface area contributed by atoms with Crippen molar-refractivity contribution in [1.82, 2.24) is 0 Å². The van der Waals surface area contributed by atoms with E-state index in [4.69, 9.17) is 9.47 Å². The van der Waals surface area contributed by atoms with Crippen molar-refractivity contribution in [2.24, 2.45) is 0 Å². The van der Waals surface area contributed by atoms with Gasteiger partial charge < -0.3 is 14.6 Å². The number of rotatable bonds is 4. The Kier molecular flexibility index (Phi) is 4.60. The van der Waals surface area contributed by atoms with Crippen LogP contribution in [0, 0.1) is 0 Å². The van der Waals surface area contributed by atoms with E-state index in [1.807, 2.05) is 5.38 Å². The largest absolute Gasteiger partial charge is 0.390 e. The van der Waals surface area contributed by atoms with Crippen molar-refractivity contribution in [3.8, 4) is 0 Å². The zero-order valence-corrected chi connectivity index (χ0v) is 12.2. The van der Waals surface area contributed by atoms with Crippen molar-refractivity contribution in [3.63, 3.8) is 0 Å². The number of aliphatic hydroxyl groups excluding tert-OH is 1. The van der Waals surface area contributed by atoms with E-state index in [-0.39, 0.29) is 0 Å². The molecule has 1 fully saturated rings. The first-order valence-corrected chi connectivity index (χ1v) is 7.37. The summed E-state index contributed by atoms with van der Waals surface area (Å²) in [4.78, 5) is 1.17. The number of aliphatic hydroxyl groups is 1. The average Bonchev–Trinajstić information content (AvgIpc) is 2.75. The molecule has 0 amide bonds. The summed E-state index contributed by atoms with van der Waals surface area (Å²) >= 11 is 5.08. The van der Waals surface area contributed by atoms with Gasteiger partial charge in [0, 0.05) is 54.3 Å². The number of ether oxygens (including phenoxy) is 2. The van der Waals surface area contributed by atoms with E-state index in [0.29, 0.717) is 19.6 Å². The van der Waals surface area contributed by atoms with Gasteiger partial charge >= 0.3 is 0 Å². The van der Waals surface area contributed by atoms with Gasteiger partial charge in [-0.3, -0.25) is 0 Å². The van der Waals surface area contributed by atoms with Gasteiger partial charge in [0.05, 0.1) is 11.7 Å². The highest BCUT2D eigenvalue weighted by Gasteiger charge is 2.39. The van der Waals surface area contributed by atoms with Crippen molar-refractivity contribution in [1.29, 1.82) is 0 Å². The Morgan fingerprint density at radius 2 is 2.29 bits per heavy atom. The third-order valence-corrected chi connectivity index (χ3v) is 5.09. The number of hydrogen-bond acceptors (Lipinski definition) is 4. The van der Waals surface area contributed by atoms with Gasteiger partial charge in [0.15, 0.2) is 0 Å². The highest BCUT2D eigenvalue weighted by atomic mass is 79.9. The fourth-order valence-corrected chi connectivity index (χ4v) is 3.72. The molecule has 1 saturated heterocycles. The summed E-state index contributed by atoms with van der Waals surface area (Å²) in [5, 5.41) is 12.4. The second kappa shape index (κ2) is 5.80. The second-order valence-electron chi connectivity index (χ2n) is 4.33. The maximum Gasteiger partial charge on any atom is 0.0983 e. The van der Waals surface area contributed by atoms with E-state index >= 15 is 0 Å². The molecule has 0 radical (unpaired) electrons. The first-order chi connectivity index (χ1) is 8.16. The van der Waals surface area contributed by atoms with Crippen LogP contribution in [0.5, 0.6) is 0 Å². The molecule has 1 aliphatic rings. The van der Waals surface area contributed by atoms with Crippen LogP contribution in [-0.4, -0.2) is 37.1 Å². The molecule has 5 heteroatoms. The highest BCUT2D eigenvalue weighted by Crippen LogP contribution is 2.31. The van der Waals surface area contributed by atoms with Gasteiger partial charge in [-0.1, -0.05) is 0 Å². The zero-order chi connectivity index (χ0) is 12.3. The van der Waals surface area contributed by atoms with Crippen molar-refractivity contribution < 1.29 is 14.6 Å². The van der Waals surface area contributed by atoms with E-state index in [2.05, 4.69) is 22.0 Å². The molecule has 96 valence electrons. The summed E-state index contributed by atoms with van der Waals surface area (Å²) in [5.41, 5.74) is -0.436. The van der Waals surface area contributed by atoms with Crippen LogP contribution in [0.4, 0.5) is 0 Å². The number of halogens is 1. The fourth-order valence-electron chi connectivity index (χ4n) is 2.23. The molecule has 2 rings (SSSR count). The lowest BCUT2D eigenvalue weighted by Crippen LogP contribution is -2.49. The standard InChI is InChI=1S/C12H17BrO3S/c1-15-12(2-4-16-5-3-12)11(14)7-10-6-9(13)8-17-10/h6,8,11,14H,2-5,7H2,1H3. The predicted molar refractivity (Wildman–Crippen MR) is 71.5 cm³/mol. The molecule has 1 aliphatic heterocycles. The molecule has 1 atom stereocenters. The Balaban J connectivity index is 2.04. The minimum absolute atomic E-state index is 0.436. The summed E-state index contributed by atoms with van der Waals surface area (Å²) in [6, 6.07) is 2.05. The maximum absolute atomic E-state index is 10.4. The zero-order valence-electron chi connectivity index (χ0n) is 9.82. The first kappa shape index (κ1) is 13.5. The lowest BCUT2D eigenvalue weighted by Gasteiger charge is -2.39. The quantitative estimate of drug-likeness (QED) is 0.926. The molecule has 1 unspecified atom stereocenters. The Hall–Kier alpha value is 0.0600. The van der Waals surface area contributed by atoms with Gasteiger partial charge in [0.2, 0.25) is 0 Å². The molecular formula is C12H17BrO3S. The summed E-state index contributed by atoms with van der Waals surface area (Å²) in [6.07, 6.45) is 1.69. The summed E-state index contributed by atoms with van der Waals surface area (Å²) < 4.78 is 12.0. The van der Waals surface area contributed by atoms with Crippen LogP contribution in [0.2, 0.25) is 0 Å². The molecule has 0 spiro atoms. The van der Waals surface area contributed by atoms with Crippen LogP contribution in [-0.2, 0) is 15.9 Å². The fraction of sp³-hybridized carbons (Fsp3) is 0.667. The van der Waals surface area contributed by atoms with E-state index in [9.17, 15) is 5.11 Å². The molecule has 0 aliphatic carbocycles. The lowest BCUT2D eigenvalue weighted by atomic mass is 9.86. The summed E-state index contributed by atoms with van der Waals surface area (Å²) in [6.45, 7) is 1.33. The van der Waals surface area contributed by atoms with E-state index in [1.54, 1.807) is 18.4 Å². The monoisotopic (exact) mass is 320 g/mol. The Morgan fingerprint density at radius 3 is 2.82 bits per heavy atom. The van der Waals surface area contributed by atoms with E-state index < -0.39 is 11.7 Å². The van der Waals surface area contributed by atoms with Crippen LogP contribution in [0.3, 0.4) is 0 Å². The number of thiophene rings is 1. The van der Waals surface area contributed by atoms with Gasteiger partial charge in [0.1, 0.15) is 0 Å². The molecule has 0 aromatic carbocycles. The SMILES string of the molecule is COC1(C(O)Cc2cc(Br)cs2)CCOCC1. The van der Waals surface area contributed by atoms with Gasteiger partial charge in [-0.2, -0.15) is 0 Å². The minimum Gasteiger partial charge on any atom is -0.390 e. The molecule has 1 N–H and O–H groups in total. The third kappa shape index (κ3) is 3.09. The Labute approximate surface area is 114 Å². The lowest BCUT2D eigenvalue weighted by molar-refractivity contribution is -0.151. The topological polar surface area (TPSA) is 38.7 Å². The van der Waals surface area contributed by atoms with Crippen LogP contribution >= 0.6 is 27.3 Å². The van der Waals surface area contributed by atoms with E-state index in [1.165, 1.54) is 4.88 Å². The number of methoxy groups -OCH3 is 1. The van der Waals surface area contributed by atoms with Gasteiger partial charge in [-0.15, -0.1) is 11.3 Å². The van der Waals surface area contributed by atoms with Crippen LogP contribution < -0.4 is 0 Å². The van der Waals surface area contributed by atoms with Crippen molar-refractivity contribution >= 4 is 27.3 Å². The number of hydrogen-bond donors (Lipinski definition) is 1. The Morgan fingerprint density at radius 1 is 1.59 bits per heavy atom. The smallest absolute Gasteiger partial charge is 0.0983 e. The molecule has 3 nitrogen and oxygen atoms in total. The maximum atomic E-state index is 10.4. The van der Waals surface area contributed by atoms with E-state index in [0.717, 1.165) is 17.3 Å². The van der Waals surface area contributed by atoms with Crippen molar-refractivity contribution in [2.75, 3.05) is 20.3 Å². The predicted octanol–water partition coefficient (Wildman–Crippen LogP) is 2.61. The molecule has 0 bridgehead atoms. The Bertz CT molecular complexity index is 360. The second-order valence-corrected chi connectivity index (χ2v) is 6.24. The summed E-state index contributed by atoms with van der Waals surface area (Å²) in [5.74, 6) is 0. The molecule has 1 aromatic heterocycles. The van der Waals surface area contributed by atoms with Crippen LogP contribution in [0.1, 0.15) is 17.7 Å². The van der Waals surface area contributed by atoms with Crippen LogP contribution in [0.25, 0.3) is 0 Å². The normalized spacial score (nSPS) is 21.4. The van der Waals surface area contributed by atoms with Gasteiger partial charge in [-0.25, -0.2) is 0 Å². The highest BCUT2D eigenvalue weighted by molar-refractivity contribution is 9.10. The third-order valence-electron chi connectivity index (χ3n) is 3.37. The molecule has 0 saturated carbocycles. The van der Waals surface area contributed by atoms with Crippen molar-refractivity contribution in [2.45, 2.75) is 31.0 Å². The minimum atomic E-state index is -0.470. The molecule has 17 heavy (non-hydrogen) atoms. The average molecular weight is 321 g/mol. The van der Waals surface area contributed by atoms with Crippen molar-refractivity contribution in [3.05, 3.63) is 20.8 Å². The molecule has 2 heterocycles.